The van der Waals surface area contributed by atoms with Crippen LogP contribution in [0.1, 0.15) is 6.92 Å². The molecule has 14 heavy (non-hydrogen) atoms. The van der Waals surface area contributed by atoms with Gasteiger partial charge in [-0.25, -0.2) is 0 Å². The highest BCUT2D eigenvalue weighted by Crippen LogP contribution is 2.18. The van der Waals surface area contributed by atoms with E-state index in [-0.39, 0.29) is 6.29 Å². The first-order valence-electron chi connectivity index (χ1n) is 4.33. The van der Waals surface area contributed by atoms with Crippen molar-refractivity contribution in [1.82, 2.24) is 0 Å². The predicted octanol–water partition coefficient (Wildman–Crippen LogP) is 2.58. The van der Waals surface area contributed by atoms with E-state index in [0.717, 1.165) is 11.5 Å². The van der Waals surface area contributed by atoms with Crippen LogP contribution in [-0.4, -0.2) is 13.4 Å². The lowest BCUT2D eigenvalue weighted by Gasteiger charge is -2.13. The fourth-order valence-electron chi connectivity index (χ4n) is 1.01. The maximum Gasteiger partial charge on any atom is 0.237 e. The average Bonchev–Trinajstić information content (AvgIpc) is 2.19. The lowest BCUT2D eigenvalue weighted by atomic mass is 10.3. The van der Waals surface area contributed by atoms with Crippen molar-refractivity contribution in [2.24, 2.45) is 0 Å². The van der Waals surface area contributed by atoms with Crippen molar-refractivity contribution in [2.75, 3.05) is 7.11 Å². The van der Waals surface area contributed by atoms with Crippen molar-refractivity contribution in [2.45, 2.75) is 13.2 Å². The summed E-state index contributed by atoms with van der Waals surface area (Å²) in [6, 6.07) is 7.30. The highest BCUT2D eigenvalue weighted by Gasteiger charge is 2.01. The molecule has 1 unspecified atom stereocenters. The second kappa shape index (κ2) is 5.17. The lowest BCUT2D eigenvalue weighted by Crippen LogP contribution is -2.12. The molecule has 1 aromatic rings. The molecular weight excluding hydrogens is 180 g/mol. The lowest BCUT2D eigenvalue weighted by molar-refractivity contribution is -0.0132. The monoisotopic (exact) mass is 194 g/mol. The maximum atomic E-state index is 5.41. The van der Waals surface area contributed by atoms with Gasteiger partial charge in [0.1, 0.15) is 11.5 Å². The number of hydrogen-bond donors (Lipinski definition) is 0. The van der Waals surface area contributed by atoms with Crippen LogP contribution >= 0.6 is 0 Å². The Bertz CT molecular complexity index is 279. The van der Waals surface area contributed by atoms with E-state index < -0.39 is 0 Å². The van der Waals surface area contributed by atoms with Crippen LogP contribution in [0.3, 0.4) is 0 Å². The zero-order chi connectivity index (χ0) is 10.4. The molecule has 76 valence electrons. The Labute approximate surface area is 83.9 Å². The molecule has 0 radical (unpaired) electrons. The molecule has 0 heterocycles. The first-order valence-corrected chi connectivity index (χ1v) is 4.33. The highest BCUT2D eigenvalue weighted by atomic mass is 16.7. The Morgan fingerprint density at radius 2 is 1.79 bits per heavy atom. The molecule has 1 rings (SSSR count). The van der Waals surface area contributed by atoms with Gasteiger partial charge in [-0.05, 0) is 24.3 Å². The summed E-state index contributed by atoms with van der Waals surface area (Å²) in [6.07, 6.45) is 1.02. The van der Waals surface area contributed by atoms with Gasteiger partial charge in [-0.2, -0.15) is 0 Å². The molecule has 0 saturated heterocycles. The van der Waals surface area contributed by atoms with Crippen molar-refractivity contribution >= 4 is 0 Å². The predicted molar refractivity (Wildman–Crippen MR) is 54.4 cm³/mol. The van der Waals surface area contributed by atoms with Gasteiger partial charge in [0.25, 0.3) is 0 Å². The minimum Gasteiger partial charge on any atom is -0.497 e. The number of hydrogen-bond acceptors (Lipinski definition) is 3. The number of benzene rings is 1. The summed E-state index contributed by atoms with van der Waals surface area (Å²) in [7, 11) is 1.62. The fraction of sp³-hybridized carbons (Fsp3) is 0.273. The van der Waals surface area contributed by atoms with E-state index in [4.69, 9.17) is 14.2 Å². The summed E-state index contributed by atoms with van der Waals surface area (Å²) in [4.78, 5) is 0. The van der Waals surface area contributed by atoms with E-state index in [9.17, 15) is 0 Å². The number of methoxy groups -OCH3 is 1. The van der Waals surface area contributed by atoms with Gasteiger partial charge in [0.05, 0.1) is 13.4 Å². The second-order valence-corrected chi connectivity index (χ2v) is 2.66. The molecule has 0 N–H and O–H groups in total. The van der Waals surface area contributed by atoms with E-state index in [2.05, 4.69) is 6.58 Å². The van der Waals surface area contributed by atoms with Gasteiger partial charge < -0.3 is 14.2 Å². The third-order valence-electron chi connectivity index (χ3n) is 1.65. The van der Waals surface area contributed by atoms with Crippen molar-refractivity contribution in [1.29, 1.82) is 0 Å². The number of ether oxygens (including phenoxy) is 3. The zero-order valence-electron chi connectivity index (χ0n) is 8.40. The van der Waals surface area contributed by atoms with Crippen LogP contribution in [0.25, 0.3) is 0 Å². The minimum absolute atomic E-state index is 0.333. The summed E-state index contributed by atoms with van der Waals surface area (Å²) in [5.74, 6) is 1.54. The Kier molecular flexibility index (Phi) is 3.85. The van der Waals surface area contributed by atoms with Crippen LogP contribution in [0.2, 0.25) is 0 Å². The zero-order valence-corrected chi connectivity index (χ0v) is 8.40. The summed E-state index contributed by atoms with van der Waals surface area (Å²) in [5.41, 5.74) is 0. The first kappa shape index (κ1) is 10.4. The normalized spacial score (nSPS) is 11.6. The van der Waals surface area contributed by atoms with Gasteiger partial charge in [0.15, 0.2) is 0 Å². The molecule has 1 aromatic carbocycles. The van der Waals surface area contributed by atoms with Gasteiger partial charge >= 0.3 is 0 Å². The van der Waals surface area contributed by atoms with Crippen LogP contribution in [0.15, 0.2) is 37.1 Å². The standard InChI is InChI=1S/C11H14O3/c1-4-13-9(2)14-11-7-5-10(12-3)6-8-11/h4-9H,1H2,2-3H3. The van der Waals surface area contributed by atoms with Gasteiger partial charge in [0.2, 0.25) is 6.29 Å². The molecule has 0 aliphatic carbocycles. The molecule has 0 saturated carbocycles. The van der Waals surface area contributed by atoms with Gasteiger partial charge in [-0.1, -0.05) is 6.58 Å². The van der Waals surface area contributed by atoms with Crippen LogP contribution < -0.4 is 9.47 Å². The Morgan fingerprint density at radius 3 is 2.29 bits per heavy atom. The van der Waals surface area contributed by atoms with Crippen molar-refractivity contribution in [3.63, 3.8) is 0 Å². The largest absolute Gasteiger partial charge is 0.497 e. The maximum absolute atomic E-state index is 5.41. The molecule has 0 amide bonds. The van der Waals surface area contributed by atoms with Crippen molar-refractivity contribution in [3.8, 4) is 11.5 Å². The van der Waals surface area contributed by atoms with Gasteiger partial charge in [-0.15, -0.1) is 0 Å². The SMILES string of the molecule is C=COC(C)Oc1ccc(OC)cc1. The van der Waals surface area contributed by atoms with E-state index in [1.807, 2.05) is 24.3 Å². The third-order valence-corrected chi connectivity index (χ3v) is 1.65. The molecule has 0 fully saturated rings. The summed E-state index contributed by atoms with van der Waals surface area (Å²) < 4.78 is 15.4. The molecule has 1 atom stereocenters. The first-order chi connectivity index (χ1) is 6.76. The Balaban J connectivity index is 2.54. The van der Waals surface area contributed by atoms with E-state index in [1.54, 1.807) is 14.0 Å². The van der Waals surface area contributed by atoms with Crippen LogP contribution in [0, 0.1) is 0 Å². The topological polar surface area (TPSA) is 27.7 Å². The Morgan fingerprint density at radius 1 is 1.21 bits per heavy atom. The average molecular weight is 194 g/mol. The molecule has 3 heteroatoms. The molecule has 0 aliphatic heterocycles. The van der Waals surface area contributed by atoms with Crippen LogP contribution in [0.4, 0.5) is 0 Å². The second-order valence-electron chi connectivity index (χ2n) is 2.66. The molecule has 3 nitrogen and oxygen atoms in total. The number of rotatable bonds is 5. The third kappa shape index (κ3) is 3.01. The minimum atomic E-state index is -0.333. The summed E-state index contributed by atoms with van der Waals surface area (Å²) in [5, 5.41) is 0. The smallest absolute Gasteiger partial charge is 0.237 e. The summed E-state index contributed by atoms with van der Waals surface area (Å²) in [6.45, 7) is 5.24. The van der Waals surface area contributed by atoms with E-state index in [0.29, 0.717) is 0 Å². The van der Waals surface area contributed by atoms with Crippen molar-refractivity contribution < 1.29 is 14.2 Å². The van der Waals surface area contributed by atoms with Gasteiger partial charge in [0, 0.05) is 6.92 Å². The molecule has 0 aromatic heterocycles. The molecule has 0 spiro atoms. The van der Waals surface area contributed by atoms with E-state index in [1.165, 1.54) is 6.26 Å². The highest BCUT2D eigenvalue weighted by molar-refractivity contribution is 5.31. The van der Waals surface area contributed by atoms with Crippen LogP contribution in [-0.2, 0) is 4.74 Å². The van der Waals surface area contributed by atoms with Crippen LogP contribution in [0.5, 0.6) is 11.5 Å². The summed E-state index contributed by atoms with van der Waals surface area (Å²) >= 11 is 0. The van der Waals surface area contributed by atoms with Crippen molar-refractivity contribution in [3.05, 3.63) is 37.1 Å². The molecule has 0 bridgehead atoms. The van der Waals surface area contributed by atoms with E-state index >= 15 is 0 Å². The fourth-order valence-corrected chi connectivity index (χ4v) is 1.01. The molecular formula is C11H14O3. The quantitative estimate of drug-likeness (QED) is 0.532. The Hall–Kier alpha value is -1.64. The van der Waals surface area contributed by atoms with Gasteiger partial charge in [-0.3, -0.25) is 0 Å². The molecule has 0 aliphatic rings.